The van der Waals surface area contributed by atoms with Crippen molar-refractivity contribution in [1.29, 1.82) is 0 Å². The summed E-state index contributed by atoms with van der Waals surface area (Å²) in [5.74, 6) is -0.538. The highest BCUT2D eigenvalue weighted by Crippen LogP contribution is 2.08. The van der Waals surface area contributed by atoms with Crippen LogP contribution in [0.2, 0.25) is 0 Å². The molecular formula is C17H24N2O5. The lowest BCUT2D eigenvalue weighted by atomic mass is 10.3. The van der Waals surface area contributed by atoms with Crippen molar-refractivity contribution in [3.05, 3.63) is 30.3 Å². The van der Waals surface area contributed by atoms with Crippen LogP contribution >= 0.6 is 0 Å². The number of carbonyl (C=O) groups is 3. The fraction of sp³-hybridized carbons (Fsp3) is 0.471. The Morgan fingerprint density at radius 1 is 1.08 bits per heavy atom. The Bertz CT molecular complexity index is 531. The molecule has 1 aromatic carbocycles. The van der Waals surface area contributed by atoms with Gasteiger partial charge in [-0.1, -0.05) is 18.2 Å². The van der Waals surface area contributed by atoms with Gasteiger partial charge in [0.2, 0.25) is 5.91 Å². The normalized spacial score (nSPS) is 10.1. The summed E-state index contributed by atoms with van der Waals surface area (Å²) in [6.45, 7) is 3.50. The molecule has 0 radical (unpaired) electrons. The van der Waals surface area contributed by atoms with Gasteiger partial charge in [-0.05, 0) is 32.4 Å². The van der Waals surface area contributed by atoms with Crippen LogP contribution in [0.15, 0.2) is 30.3 Å². The summed E-state index contributed by atoms with van der Waals surface area (Å²) in [7, 11) is 0. The number of benzene rings is 1. The molecular weight excluding hydrogens is 312 g/mol. The molecule has 0 unspecified atom stereocenters. The average Bonchev–Trinajstić information content (AvgIpc) is 2.55. The molecule has 0 aliphatic heterocycles. The summed E-state index contributed by atoms with van der Waals surface area (Å²) in [5.41, 5.74) is 0. The van der Waals surface area contributed by atoms with E-state index in [9.17, 15) is 14.4 Å². The number of ether oxygens (including phenoxy) is 2. The first kappa shape index (κ1) is 19.5. The van der Waals surface area contributed by atoms with Crippen LogP contribution < -0.4 is 15.4 Å². The first-order valence-electron chi connectivity index (χ1n) is 7.87. The van der Waals surface area contributed by atoms with Crippen LogP contribution in [0, 0.1) is 0 Å². The van der Waals surface area contributed by atoms with Crippen molar-refractivity contribution in [2.75, 3.05) is 19.8 Å². The van der Waals surface area contributed by atoms with Crippen molar-refractivity contribution in [2.45, 2.75) is 32.7 Å². The minimum absolute atomic E-state index is 0.00494. The van der Waals surface area contributed by atoms with Crippen molar-refractivity contribution >= 4 is 17.8 Å². The molecule has 0 bridgehead atoms. The molecule has 7 heteroatoms. The van der Waals surface area contributed by atoms with Gasteiger partial charge in [-0.3, -0.25) is 14.4 Å². The second-order valence-electron chi connectivity index (χ2n) is 5.42. The topological polar surface area (TPSA) is 93.7 Å². The smallest absolute Gasteiger partial charge is 0.306 e. The van der Waals surface area contributed by atoms with Gasteiger partial charge < -0.3 is 20.1 Å². The molecule has 2 amide bonds. The Hall–Kier alpha value is -2.57. The molecule has 0 heterocycles. The van der Waals surface area contributed by atoms with Gasteiger partial charge in [-0.2, -0.15) is 0 Å². The summed E-state index contributed by atoms with van der Waals surface area (Å²) in [4.78, 5) is 34.3. The van der Waals surface area contributed by atoms with Crippen LogP contribution in [0.4, 0.5) is 0 Å². The van der Waals surface area contributed by atoms with Gasteiger partial charge in [0.15, 0.2) is 6.61 Å². The van der Waals surface area contributed by atoms with Crippen LogP contribution in [-0.2, 0) is 19.1 Å². The average molecular weight is 336 g/mol. The van der Waals surface area contributed by atoms with Crippen LogP contribution in [0.3, 0.4) is 0 Å². The number of esters is 1. The van der Waals surface area contributed by atoms with Crippen molar-refractivity contribution in [2.24, 2.45) is 0 Å². The molecule has 24 heavy (non-hydrogen) atoms. The summed E-state index contributed by atoms with van der Waals surface area (Å²) in [5, 5.41) is 5.01. The molecule has 0 aliphatic carbocycles. The number of nitrogens with one attached hydrogen (secondary N) is 2. The van der Waals surface area contributed by atoms with Crippen LogP contribution in [0.25, 0.3) is 0 Å². The monoisotopic (exact) mass is 336 g/mol. The fourth-order valence-corrected chi connectivity index (χ4v) is 1.74. The lowest BCUT2D eigenvalue weighted by molar-refractivity contribution is -0.148. The van der Waals surface area contributed by atoms with Gasteiger partial charge in [-0.15, -0.1) is 0 Å². The number of rotatable bonds is 10. The third kappa shape index (κ3) is 9.45. The van der Waals surface area contributed by atoms with Gasteiger partial charge in [-0.25, -0.2) is 0 Å². The Morgan fingerprint density at radius 2 is 1.79 bits per heavy atom. The van der Waals surface area contributed by atoms with E-state index in [0.717, 1.165) is 5.75 Å². The third-order valence-corrected chi connectivity index (χ3v) is 2.80. The van der Waals surface area contributed by atoms with Crippen LogP contribution in [0.5, 0.6) is 5.75 Å². The molecule has 0 aromatic heterocycles. The van der Waals surface area contributed by atoms with Crippen LogP contribution in [0.1, 0.15) is 26.7 Å². The third-order valence-electron chi connectivity index (χ3n) is 2.80. The molecule has 7 nitrogen and oxygen atoms in total. The van der Waals surface area contributed by atoms with E-state index in [1.165, 1.54) is 0 Å². The van der Waals surface area contributed by atoms with E-state index < -0.39 is 18.5 Å². The van der Waals surface area contributed by atoms with Crippen LogP contribution in [-0.4, -0.2) is 43.6 Å². The standard InChI is InChI=1S/C17H24N2O5/c1-13(2)19-15(20)11-18-16(21)12-24-17(22)9-6-10-23-14-7-4-3-5-8-14/h3-5,7-8,13H,6,9-12H2,1-2H3,(H,18,21)(H,19,20). The van der Waals surface area contributed by atoms with Gasteiger partial charge in [0.05, 0.1) is 13.2 Å². The predicted molar refractivity (Wildman–Crippen MR) is 88.4 cm³/mol. The van der Waals surface area contributed by atoms with E-state index in [0.29, 0.717) is 13.0 Å². The quantitative estimate of drug-likeness (QED) is 0.492. The first-order chi connectivity index (χ1) is 11.5. The Balaban J connectivity index is 2.06. The van der Waals surface area contributed by atoms with Gasteiger partial charge >= 0.3 is 5.97 Å². The first-order valence-corrected chi connectivity index (χ1v) is 7.87. The highest BCUT2D eigenvalue weighted by atomic mass is 16.5. The highest BCUT2D eigenvalue weighted by Gasteiger charge is 2.09. The molecule has 132 valence electrons. The summed E-state index contributed by atoms with van der Waals surface area (Å²) in [6, 6.07) is 9.29. The molecule has 0 spiro atoms. The van der Waals surface area contributed by atoms with Crippen molar-refractivity contribution < 1.29 is 23.9 Å². The molecule has 1 rings (SSSR count). The highest BCUT2D eigenvalue weighted by molar-refractivity contribution is 5.86. The SMILES string of the molecule is CC(C)NC(=O)CNC(=O)COC(=O)CCCOc1ccccc1. The molecule has 2 N–H and O–H groups in total. The number of para-hydroxylation sites is 1. The summed E-state index contributed by atoms with van der Waals surface area (Å²) >= 11 is 0. The molecule has 0 aliphatic rings. The maximum atomic E-state index is 11.5. The Kier molecular flexibility index (Phi) is 8.96. The zero-order chi connectivity index (χ0) is 17.8. The lowest BCUT2D eigenvalue weighted by Gasteiger charge is -2.09. The van der Waals surface area contributed by atoms with E-state index >= 15 is 0 Å². The second kappa shape index (κ2) is 11.0. The maximum absolute atomic E-state index is 11.5. The van der Waals surface area contributed by atoms with E-state index in [-0.39, 0.29) is 24.9 Å². The summed E-state index contributed by atoms with van der Waals surface area (Å²) < 4.78 is 10.3. The molecule has 0 saturated carbocycles. The minimum Gasteiger partial charge on any atom is -0.494 e. The molecule has 0 fully saturated rings. The predicted octanol–water partition coefficient (Wildman–Crippen LogP) is 1.03. The summed E-state index contributed by atoms with van der Waals surface area (Å²) in [6.07, 6.45) is 0.653. The zero-order valence-electron chi connectivity index (χ0n) is 14.0. The van der Waals surface area contributed by atoms with E-state index in [4.69, 9.17) is 9.47 Å². The Labute approximate surface area is 141 Å². The largest absolute Gasteiger partial charge is 0.494 e. The van der Waals surface area contributed by atoms with E-state index in [1.54, 1.807) is 0 Å². The van der Waals surface area contributed by atoms with Crippen molar-refractivity contribution in [1.82, 2.24) is 10.6 Å². The van der Waals surface area contributed by atoms with E-state index in [1.807, 2.05) is 44.2 Å². The fourth-order valence-electron chi connectivity index (χ4n) is 1.74. The van der Waals surface area contributed by atoms with Gasteiger partial charge in [0.25, 0.3) is 5.91 Å². The van der Waals surface area contributed by atoms with E-state index in [2.05, 4.69) is 10.6 Å². The van der Waals surface area contributed by atoms with Gasteiger partial charge in [0.1, 0.15) is 5.75 Å². The molecule has 1 aromatic rings. The van der Waals surface area contributed by atoms with Crippen molar-refractivity contribution in [3.8, 4) is 5.75 Å². The zero-order valence-corrected chi connectivity index (χ0v) is 14.0. The van der Waals surface area contributed by atoms with Crippen molar-refractivity contribution in [3.63, 3.8) is 0 Å². The second-order valence-corrected chi connectivity index (χ2v) is 5.42. The number of amides is 2. The maximum Gasteiger partial charge on any atom is 0.306 e. The number of carbonyl (C=O) groups excluding carboxylic acids is 3. The molecule has 0 saturated heterocycles. The minimum atomic E-state index is -0.511. The molecule has 0 atom stereocenters. The number of hydrogen-bond acceptors (Lipinski definition) is 5. The number of hydrogen-bond donors (Lipinski definition) is 2. The Morgan fingerprint density at radius 3 is 2.46 bits per heavy atom. The lowest BCUT2D eigenvalue weighted by Crippen LogP contribution is -2.41. The van der Waals surface area contributed by atoms with Gasteiger partial charge in [0, 0.05) is 12.5 Å².